The Kier molecular flexibility index (Phi) is 14.1. The third kappa shape index (κ3) is 14.0. The zero-order valence-electron chi connectivity index (χ0n) is 11.8. The molecule has 0 heterocycles. The van der Waals surface area contributed by atoms with Crippen LogP contribution in [0.4, 0.5) is 0 Å². The van der Waals surface area contributed by atoms with Crippen LogP contribution in [0.1, 0.15) is 77.6 Å². The van der Waals surface area contributed by atoms with Gasteiger partial charge in [-0.05, 0) is 18.4 Å². The van der Waals surface area contributed by atoms with Crippen LogP contribution in [0.15, 0.2) is 0 Å². The normalized spacial score (nSPS) is 10.7. The van der Waals surface area contributed by atoms with Gasteiger partial charge in [-0.1, -0.05) is 58.3 Å². The molecular formula is C15H30OS. The van der Waals surface area contributed by atoms with Gasteiger partial charge in [-0.15, -0.1) is 0 Å². The van der Waals surface area contributed by atoms with E-state index in [-0.39, 0.29) is 0 Å². The maximum absolute atomic E-state index is 11.4. The highest BCUT2D eigenvalue weighted by Crippen LogP contribution is 2.11. The Bertz CT molecular complexity index is 168. The van der Waals surface area contributed by atoms with Crippen LogP contribution in [0.25, 0.3) is 0 Å². The van der Waals surface area contributed by atoms with Crippen LogP contribution in [0, 0.1) is 0 Å². The Labute approximate surface area is 112 Å². The SMILES string of the molecule is CCCCCCCCCCCC(=O)CCSC. The summed E-state index contributed by atoms with van der Waals surface area (Å²) in [6, 6.07) is 0. The summed E-state index contributed by atoms with van der Waals surface area (Å²) in [7, 11) is 0. The molecule has 0 aromatic rings. The van der Waals surface area contributed by atoms with E-state index in [1.165, 1.54) is 51.4 Å². The molecule has 0 aliphatic heterocycles. The van der Waals surface area contributed by atoms with E-state index in [1.807, 2.05) is 0 Å². The van der Waals surface area contributed by atoms with Crippen LogP contribution in [0.5, 0.6) is 0 Å². The zero-order chi connectivity index (χ0) is 12.8. The third-order valence-corrected chi connectivity index (χ3v) is 3.76. The van der Waals surface area contributed by atoms with Crippen molar-refractivity contribution < 1.29 is 4.79 Å². The zero-order valence-corrected chi connectivity index (χ0v) is 12.6. The Morgan fingerprint density at radius 3 is 1.88 bits per heavy atom. The minimum atomic E-state index is 0.460. The number of carbonyl (C=O) groups excluding carboxylic acids is 1. The second-order valence-electron chi connectivity index (χ2n) is 4.86. The lowest BCUT2D eigenvalue weighted by atomic mass is 10.1. The molecule has 0 aromatic heterocycles. The first kappa shape index (κ1) is 17.0. The first-order valence-corrected chi connectivity index (χ1v) is 8.71. The molecule has 0 saturated carbocycles. The molecule has 0 fully saturated rings. The van der Waals surface area contributed by atoms with Crippen molar-refractivity contribution in [2.24, 2.45) is 0 Å². The Morgan fingerprint density at radius 1 is 0.824 bits per heavy atom. The van der Waals surface area contributed by atoms with Crippen molar-refractivity contribution in [1.82, 2.24) is 0 Å². The molecule has 0 unspecified atom stereocenters. The van der Waals surface area contributed by atoms with Gasteiger partial charge in [0.2, 0.25) is 0 Å². The van der Waals surface area contributed by atoms with Gasteiger partial charge in [0.05, 0.1) is 0 Å². The molecule has 0 spiro atoms. The maximum Gasteiger partial charge on any atom is 0.133 e. The molecule has 0 amide bonds. The lowest BCUT2D eigenvalue weighted by Crippen LogP contribution is -1.98. The van der Waals surface area contributed by atoms with Crippen molar-refractivity contribution in [3.05, 3.63) is 0 Å². The second-order valence-corrected chi connectivity index (χ2v) is 5.85. The molecule has 0 rings (SSSR count). The first-order valence-electron chi connectivity index (χ1n) is 7.32. The molecule has 0 radical (unpaired) electrons. The van der Waals surface area contributed by atoms with Gasteiger partial charge >= 0.3 is 0 Å². The molecule has 0 N–H and O–H groups in total. The van der Waals surface area contributed by atoms with Gasteiger partial charge in [0.25, 0.3) is 0 Å². The second kappa shape index (κ2) is 14.1. The van der Waals surface area contributed by atoms with Gasteiger partial charge in [0.1, 0.15) is 5.78 Å². The van der Waals surface area contributed by atoms with E-state index in [4.69, 9.17) is 0 Å². The van der Waals surface area contributed by atoms with E-state index in [1.54, 1.807) is 11.8 Å². The van der Waals surface area contributed by atoms with Crippen LogP contribution >= 0.6 is 11.8 Å². The lowest BCUT2D eigenvalue weighted by molar-refractivity contribution is -0.118. The molecule has 0 saturated heterocycles. The minimum absolute atomic E-state index is 0.460. The number of ketones is 1. The summed E-state index contributed by atoms with van der Waals surface area (Å²) >= 11 is 1.77. The molecule has 0 aliphatic rings. The summed E-state index contributed by atoms with van der Waals surface area (Å²) in [6.45, 7) is 2.26. The van der Waals surface area contributed by atoms with E-state index in [0.29, 0.717) is 5.78 Å². The Balaban J connectivity index is 3.05. The maximum atomic E-state index is 11.4. The van der Waals surface area contributed by atoms with E-state index >= 15 is 0 Å². The summed E-state index contributed by atoms with van der Waals surface area (Å²) in [4.78, 5) is 11.4. The molecule has 0 aliphatic carbocycles. The van der Waals surface area contributed by atoms with E-state index in [9.17, 15) is 4.79 Å². The number of rotatable bonds is 13. The fourth-order valence-corrected chi connectivity index (χ4v) is 2.41. The molecule has 0 bridgehead atoms. The average Bonchev–Trinajstić information content (AvgIpc) is 2.34. The standard InChI is InChI=1S/C15H30OS/c1-3-4-5-6-7-8-9-10-11-12-15(16)13-14-17-2/h3-14H2,1-2H3. The summed E-state index contributed by atoms with van der Waals surface area (Å²) < 4.78 is 0. The fraction of sp³-hybridized carbons (Fsp3) is 0.933. The van der Waals surface area contributed by atoms with Crippen LogP contribution in [0.2, 0.25) is 0 Å². The average molecular weight is 258 g/mol. The van der Waals surface area contributed by atoms with Gasteiger partial charge in [-0.25, -0.2) is 0 Å². The summed E-state index contributed by atoms with van der Waals surface area (Å²) in [5, 5.41) is 0. The van der Waals surface area contributed by atoms with E-state index in [2.05, 4.69) is 13.2 Å². The predicted molar refractivity (Wildman–Crippen MR) is 79.9 cm³/mol. The number of thioether (sulfide) groups is 1. The third-order valence-electron chi connectivity index (χ3n) is 3.14. The summed E-state index contributed by atoms with van der Waals surface area (Å²) in [5.74, 6) is 1.46. The van der Waals surface area contributed by atoms with Gasteiger partial charge < -0.3 is 0 Å². The number of carbonyl (C=O) groups is 1. The quantitative estimate of drug-likeness (QED) is 0.421. The number of hydrogen-bond acceptors (Lipinski definition) is 2. The van der Waals surface area contributed by atoms with E-state index < -0.39 is 0 Å². The number of unbranched alkanes of at least 4 members (excludes halogenated alkanes) is 8. The van der Waals surface area contributed by atoms with Crippen LogP contribution in [-0.2, 0) is 4.79 Å². The van der Waals surface area contributed by atoms with Crippen molar-refractivity contribution in [2.45, 2.75) is 77.6 Å². The molecule has 17 heavy (non-hydrogen) atoms. The van der Waals surface area contributed by atoms with Gasteiger partial charge in [-0.3, -0.25) is 4.79 Å². The van der Waals surface area contributed by atoms with E-state index in [0.717, 1.165) is 25.0 Å². The van der Waals surface area contributed by atoms with Gasteiger partial charge in [0.15, 0.2) is 0 Å². The molecule has 2 heteroatoms. The van der Waals surface area contributed by atoms with Crippen LogP contribution in [0.3, 0.4) is 0 Å². The predicted octanol–water partition coefficient (Wildman–Crippen LogP) is 5.23. The first-order chi connectivity index (χ1) is 8.31. The smallest absolute Gasteiger partial charge is 0.133 e. The lowest BCUT2D eigenvalue weighted by Gasteiger charge is -2.02. The van der Waals surface area contributed by atoms with Crippen molar-refractivity contribution >= 4 is 17.5 Å². The summed E-state index contributed by atoms with van der Waals surface area (Å²) in [6.07, 6.45) is 15.6. The van der Waals surface area contributed by atoms with Crippen LogP contribution < -0.4 is 0 Å². The Hall–Kier alpha value is 0.0200. The minimum Gasteiger partial charge on any atom is -0.300 e. The van der Waals surface area contributed by atoms with Crippen molar-refractivity contribution in [1.29, 1.82) is 0 Å². The van der Waals surface area contributed by atoms with Crippen LogP contribution in [-0.4, -0.2) is 17.8 Å². The fourth-order valence-electron chi connectivity index (χ4n) is 1.97. The summed E-state index contributed by atoms with van der Waals surface area (Å²) in [5.41, 5.74) is 0. The number of Topliss-reactive ketones (excluding diaryl/α,β-unsaturated/α-hetero) is 1. The van der Waals surface area contributed by atoms with Crippen molar-refractivity contribution in [3.63, 3.8) is 0 Å². The molecular weight excluding hydrogens is 228 g/mol. The molecule has 0 atom stereocenters. The number of hydrogen-bond donors (Lipinski definition) is 0. The molecule has 1 nitrogen and oxygen atoms in total. The highest BCUT2D eigenvalue weighted by atomic mass is 32.2. The topological polar surface area (TPSA) is 17.1 Å². The highest BCUT2D eigenvalue weighted by Gasteiger charge is 2.00. The molecule has 102 valence electrons. The largest absolute Gasteiger partial charge is 0.300 e. The van der Waals surface area contributed by atoms with Crippen molar-refractivity contribution in [3.8, 4) is 0 Å². The Morgan fingerprint density at radius 2 is 1.35 bits per heavy atom. The molecule has 0 aromatic carbocycles. The highest BCUT2D eigenvalue weighted by molar-refractivity contribution is 7.98. The van der Waals surface area contributed by atoms with Crippen molar-refractivity contribution in [2.75, 3.05) is 12.0 Å². The van der Waals surface area contributed by atoms with Gasteiger partial charge in [-0.2, -0.15) is 11.8 Å². The van der Waals surface area contributed by atoms with Gasteiger partial charge in [0, 0.05) is 12.8 Å². The monoisotopic (exact) mass is 258 g/mol.